The van der Waals surface area contributed by atoms with E-state index in [0.29, 0.717) is 11.1 Å². The fraction of sp³-hybridized carbons (Fsp3) is 0.438. The topological polar surface area (TPSA) is 371 Å². The van der Waals surface area contributed by atoms with Crippen LogP contribution < -0.4 is 44.2 Å². The zero-order valence-corrected chi connectivity index (χ0v) is 27.9. The molecule has 20 nitrogen and oxygen atoms in total. The predicted molar refractivity (Wildman–Crippen MR) is 184 cm³/mol. The highest BCUT2D eigenvalue weighted by Crippen LogP contribution is 2.34. The van der Waals surface area contributed by atoms with Gasteiger partial charge in [0.1, 0.15) is 41.8 Å². The van der Waals surface area contributed by atoms with Crippen LogP contribution in [-0.2, 0) is 30.4 Å². The van der Waals surface area contributed by atoms with Gasteiger partial charge in [0.15, 0.2) is 5.96 Å². The van der Waals surface area contributed by atoms with Gasteiger partial charge in [-0.3, -0.25) is 24.2 Å². The van der Waals surface area contributed by atoms with E-state index in [1.165, 1.54) is 36.4 Å². The Bertz CT molecular complexity index is 1650. The number of amides is 4. The molecule has 0 radical (unpaired) electrons. The van der Waals surface area contributed by atoms with E-state index < -0.39 is 90.8 Å². The minimum absolute atomic E-state index is 0.0141. The maximum absolute atomic E-state index is 14.0. The average Bonchev–Trinajstić information content (AvgIpc) is 3.10. The molecule has 1 heterocycles. The van der Waals surface area contributed by atoms with Crippen LogP contribution in [0.15, 0.2) is 41.4 Å². The summed E-state index contributed by atoms with van der Waals surface area (Å²) in [7, 11) is 0. The molecule has 0 fully saturated rings. The summed E-state index contributed by atoms with van der Waals surface area (Å²) in [5.74, 6) is -6.78. The summed E-state index contributed by atoms with van der Waals surface area (Å²) in [6.45, 7) is -1.34. The molecule has 0 spiro atoms. The number of carbonyl (C=O) groups excluding carboxylic acids is 4. The van der Waals surface area contributed by atoms with Crippen molar-refractivity contribution in [2.24, 2.45) is 27.9 Å². The van der Waals surface area contributed by atoms with E-state index in [9.17, 15) is 54.6 Å². The van der Waals surface area contributed by atoms with E-state index in [0.717, 1.165) is 0 Å². The number of carboxylic acid groups (broad SMARTS) is 1. The first-order valence-corrected chi connectivity index (χ1v) is 16.1. The van der Waals surface area contributed by atoms with Crippen LogP contribution in [0.5, 0.6) is 11.5 Å². The molecule has 2 aromatic carbocycles. The number of phenols is 2. The fourth-order valence-corrected chi connectivity index (χ4v) is 5.32. The third kappa shape index (κ3) is 11.0. The second kappa shape index (κ2) is 18.6. The van der Waals surface area contributed by atoms with Crippen molar-refractivity contribution >= 4 is 35.6 Å². The number of aliphatic hydroxyl groups is 3. The van der Waals surface area contributed by atoms with E-state index in [4.69, 9.17) is 22.9 Å². The number of fused-ring (bicyclic) bond motifs is 5. The smallest absolute Gasteiger partial charge is 0.328 e. The highest BCUT2D eigenvalue weighted by Gasteiger charge is 2.37. The van der Waals surface area contributed by atoms with Gasteiger partial charge in [-0.2, -0.15) is 0 Å². The molecule has 1 aliphatic heterocycles. The Kier molecular flexibility index (Phi) is 14.6. The monoisotopic (exact) mass is 731 g/mol. The number of rotatable bonds is 13. The SMILES string of the molecule is NC[C@H](O)C[C@@H]1NC(=O)[C@@H](N)Cc2cc(ccc2O)-c2ccc(O)c(c2)[C@@H](O)[C@H](C(=O)N[C@@H](CCCN=C(N)N)C(=O)N[C@@H](CO)C(=O)O)NC1=O. The lowest BCUT2D eigenvalue weighted by Crippen LogP contribution is -2.60. The van der Waals surface area contributed by atoms with Crippen LogP contribution in [0.25, 0.3) is 11.1 Å². The number of carbonyl (C=O) groups is 5. The summed E-state index contributed by atoms with van der Waals surface area (Å²) in [4.78, 5) is 69.5. The quantitative estimate of drug-likeness (QED) is 0.0524. The van der Waals surface area contributed by atoms with E-state index in [1.54, 1.807) is 0 Å². The standard InChI is InChI=1S/C32H45N9O11/c33-12-17(43)11-21-29(49)41-25(30(50)38-20(2-1-7-37-32(35)36)28(48)40-22(13-42)31(51)52)26(46)18-9-15(4-6-24(18)45)14-3-5-23(44)16(8-14)10-19(34)27(47)39-21/h3-6,8-9,17,19-22,25-26,42-46H,1-2,7,10-13,33-34H2,(H,38,50)(H,39,47)(H,40,48)(H,41,49)(H,51,52)(H4,35,36,37)/t17-,19+,20+,21+,22+,25-,26-/m1/s1. The van der Waals surface area contributed by atoms with Gasteiger partial charge in [-0.05, 0) is 53.8 Å². The van der Waals surface area contributed by atoms with Gasteiger partial charge >= 0.3 is 5.97 Å². The Hall–Kier alpha value is -5.54. The van der Waals surface area contributed by atoms with Crippen molar-refractivity contribution in [1.82, 2.24) is 21.3 Å². The number of nitrogens with zero attached hydrogens (tertiary/aromatic N) is 1. The number of aliphatic imine (C=N–C) groups is 1. The molecule has 20 heteroatoms. The highest BCUT2D eigenvalue weighted by atomic mass is 16.4. The summed E-state index contributed by atoms with van der Waals surface area (Å²) >= 11 is 0. The minimum Gasteiger partial charge on any atom is -0.508 e. The van der Waals surface area contributed by atoms with Crippen molar-refractivity contribution in [3.05, 3.63) is 47.5 Å². The summed E-state index contributed by atoms with van der Waals surface area (Å²) in [5.41, 5.74) is 23.2. The first-order valence-electron chi connectivity index (χ1n) is 16.1. The summed E-state index contributed by atoms with van der Waals surface area (Å²) in [6.07, 6.45) is -4.18. The molecule has 0 aromatic heterocycles. The Balaban J connectivity index is 2.13. The van der Waals surface area contributed by atoms with Crippen LogP contribution >= 0.6 is 0 Å². The number of aliphatic hydroxyl groups excluding tert-OH is 3. The number of guanidine groups is 1. The Labute approximate surface area is 297 Å². The predicted octanol–water partition coefficient (Wildman–Crippen LogP) is -4.54. The molecule has 4 amide bonds. The third-order valence-corrected chi connectivity index (χ3v) is 8.22. The van der Waals surface area contributed by atoms with Gasteiger partial charge < -0.3 is 74.8 Å². The molecule has 3 rings (SSSR count). The zero-order valence-electron chi connectivity index (χ0n) is 27.9. The molecular weight excluding hydrogens is 686 g/mol. The number of carboxylic acids is 1. The molecule has 0 unspecified atom stereocenters. The van der Waals surface area contributed by atoms with Crippen LogP contribution in [0.2, 0.25) is 0 Å². The summed E-state index contributed by atoms with van der Waals surface area (Å²) in [5, 5.41) is 71.3. The average molecular weight is 732 g/mol. The number of benzene rings is 2. The van der Waals surface area contributed by atoms with Crippen LogP contribution in [0, 0.1) is 0 Å². The molecule has 1 aliphatic rings. The van der Waals surface area contributed by atoms with E-state index in [1.807, 2.05) is 0 Å². The lowest BCUT2D eigenvalue weighted by atomic mass is 9.94. The van der Waals surface area contributed by atoms with Crippen molar-refractivity contribution in [2.45, 2.75) is 68.1 Å². The van der Waals surface area contributed by atoms with Gasteiger partial charge in [-0.1, -0.05) is 12.1 Å². The maximum Gasteiger partial charge on any atom is 0.328 e. The summed E-state index contributed by atoms with van der Waals surface area (Å²) in [6, 6.07) is 0.179. The van der Waals surface area contributed by atoms with Crippen molar-refractivity contribution in [3.63, 3.8) is 0 Å². The number of hydrogen-bond acceptors (Lipinski definition) is 13. The Morgan fingerprint density at radius 2 is 1.62 bits per heavy atom. The number of hydrogen-bond donors (Lipinski definition) is 14. The normalized spacial score (nSPS) is 20.8. The van der Waals surface area contributed by atoms with Crippen molar-refractivity contribution in [3.8, 4) is 22.6 Å². The number of aromatic hydroxyl groups is 2. The van der Waals surface area contributed by atoms with Crippen LogP contribution in [0.3, 0.4) is 0 Å². The second-order valence-corrected chi connectivity index (χ2v) is 12.1. The molecule has 284 valence electrons. The van der Waals surface area contributed by atoms with E-state index >= 15 is 0 Å². The van der Waals surface area contributed by atoms with E-state index in [-0.39, 0.29) is 55.2 Å². The van der Waals surface area contributed by atoms with Crippen LogP contribution in [-0.4, -0.2) is 122 Å². The Morgan fingerprint density at radius 3 is 2.23 bits per heavy atom. The minimum atomic E-state index is -2.04. The lowest BCUT2D eigenvalue weighted by Gasteiger charge is -2.29. The number of phenolic OH excluding ortho intramolecular Hbond substituents is 2. The van der Waals surface area contributed by atoms with Gasteiger partial charge in [-0.15, -0.1) is 0 Å². The van der Waals surface area contributed by atoms with Gasteiger partial charge in [0.25, 0.3) is 0 Å². The number of nitrogens with two attached hydrogens (primary N) is 4. The third-order valence-electron chi connectivity index (χ3n) is 8.22. The molecule has 0 saturated heterocycles. The Morgan fingerprint density at radius 1 is 0.962 bits per heavy atom. The van der Waals surface area contributed by atoms with Gasteiger partial charge in [0.05, 0.1) is 18.8 Å². The molecule has 2 aromatic rings. The maximum atomic E-state index is 14.0. The van der Waals surface area contributed by atoms with Crippen molar-refractivity contribution in [1.29, 1.82) is 0 Å². The van der Waals surface area contributed by atoms with Crippen molar-refractivity contribution in [2.75, 3.05) is 19.7 Å². The van der Waals surface area contributed by atoms with Gasteiger partial charge in [0, 0.05) is 31.5 Å². The lowest BCUT2D eigenvalue weighted by molar-refractivity contribution is -0.143. The van der Waals surface area contributed by atoms with E-state index in [2.05, 4.69) is 26.3 Å². The number of aliphatic carboxylic acids is 1. The first-order chi connectivity index (χ1) is 24.6. The second-order valence-electron chi connectivity index (χ2n) is 12.1. The highest BCUT2D eigenvalue weighted by molar-refractivity contribution is 5.96. The zero-order chi connectivity index (χ0) is 38.7. The fourth-order valence-electron chi connectivity index (χ4n) is 5.32. The van der Waals surface area contributed by atoms with Crippen LogP contribution in [0.4, 0.5) is 0 Å². The molecule has 0 saturated carbocycles. The molecule has 0 aliphatic carbocycles. The largest absolute Gasteiger partial charge is 0.508 e. The van der Waals surface area contributed by atoms with Crippen LogP contribution in [0.1, 0.15) is 36.5 Å². The van der Waals surface area contributed by atoms with Gasteiger partial charge in [-0.25, -0.2) is 4.79 Å². The number of nitrogens with one attached hydrogen (secondary N) is 4. The molecule has 4 bridgehead atoms. The first kappa shape index (κ1) is 40.9. The summed E-state index contributed by atoms with van der Waals surface area (Å²) < 4.78 is 0. The molecular formula is C32H45N9O11. The molecule has 18 N–H and O–H groups in total. The molecule has 52 heavy (non-hydrogen) atoms. The molecule has 7 atom stereocenters. The van der Waals surface area contributed by atoms with Crippen molar-refractivity contribution < 1.29 is 54.6 Å². The van der Waals surface area contributed by atoms with Gasteiger partial charge in [0.2, 0.25) is 23.6 Å².